The van der Waals surface area contributed by atoms with Gasteiger partial charge < -0.3 is 15.1 Å². The second kappa shape index (κ2) is 8.53. The van der Waals surface area contributed by atoms with E-state index in [2.05, 4.69) is 14.9 Å². The summed E-state index contributed by atoms with van der Waals surface area (Å²) in [7, 11) is -4.13. The Bertz CT molecular complexity index is 1050. The fourth-order valence-electron chi connectivity index (χ4n) is 2.38. The van der Waals surface area contributed by atoms with Crippen LogP contribution in [0.25, 0.3) is 17.3 Å². The molecule has 1 aromatic heterocycles. The number of hydrogen-bond acceptors (Lipinski definition) is 5. The molecule has 0 bridgehead atoms. The van der Waals surface area contributed by atoms with Crippen LogP contribution < -0.4 is 5.32 Å². The molecule has 144 valence electrons. The van der Waals surface area contributed by atoms with Crippen molar-refractivity contribution in [3.63, 3.8) is 0 Å². The lowest BCUT2D eigenvalue weighted by Gasteiger charge is -2.06. The van der Waals surface area contributed by atoms with Crippen LogP contribution in [0.1, 0.15) is 10.4 Å². The van der Waals surface area contributed by atoms with Crippen molar-refractivity contribution >= 4 is 36.8 Å². The van der Waals surface area contributed by atoms with Crippen LogP contribution in [0.5, 0.6) is 0 Å². The molecule has 0 aliphatic carbocycles. The van der Waals surface area contributed by atoms with Gasteiger partial charge in [0.2, 0.25) is 5.91 Å². The van der Waals surface area contributed by atoms with Crippen molar-refractivity contribution in [2.45, 2.75) is 6.16 Å². The number of amides is 1. The maximum Gasteiger partial charge on any atom is 0.329 e. The van der Waals surface area contributed by atoms with Crippen LogP contribution >= 0.6 is 19.1 Å². The first-order valence-corrected chi connectivity index (χ1v) is 10.6. The van der Waals surface area contributed by atoms with Crippen LogP contribution in [-0.2, 0) is 15.5 Å². The largest absolute Gasteiger partial charge is 0.329 e. The smallest absolute Gasteiger partial charge is 0.324 e. The van der Waals surface area contributed by atoms with Gasteiger partial charge in [0.25, 0.3) is 0 Å². The molecule has 0 radical (unpaired) electrons. The first-order chi connectivity index (χ1) is 13.3. The number of carbonyl (C=O) groups is 1. The normalized spacial score (nSPS) is 11.7. The molecule has 3 rings (SSSR count). The van der Waals surface area contributed by atoms with Gasteiger partial charge in [-0.1, -0.05) is 16.6 Å². The zero-order valence-corrected chi connectivity index (χ0v) is 16.0. The first-order valence-electron chi connectivity index (χ1n) is 8.01. The molecule has 0 fully saturated rings. The quantitative estimate of drug-likeness (QED) is 0.415. The number of carbonyl (C=O) groups excluding carboxylic acids is 1. The molecule has 1 amide bonds. The Morgan fingerprint density at radius 1 is 1.14 bits per heavy atom. The van der Waals surface area contributed by atoms with Crippen molar-refractivity contribution in [3.05, 3.63) is 70.9 Å². The number of aromatic nitrogens is 2. The van der Waals surface area contributed by atoms with Gasteiger partial charge in [0.1, 0.15) is 11.5 Å². The zero-order valence-electron chi connectivity index (χ0n) is 14.3. The lowest BCUT2D eigenvalue weighted by Crippen LogP contribution is -2.07. The molecular weight excluding hydrogens is 404 g/mol. The Hall–Kier alpha value is -2.71. The van der Waals surface area contributed by atoms with Gasteiger partial charge in [0, 0.05) is 17.3 Å². The lowest BCUT2D eigenvalue weighted by molar-refractivity contribution is -0.111. The van der Waals surface area contributed by atoms with Crippen molar-refractivity contribution in [1.82, 2.24) is 9.59 Å². The molecule has 0 aliphatic heterocycles. The van der Waals surface area contributed by atoms with Crippen LogP contribution in [0.4, 0.5) is 10.1 Å². The SMILES string of the molecule is O=C(C=Cc1snnc1-c1ccc(F)cc1)Nc1ccc(CP(=O)(O)O)cc1. The van der Waals surface area contributed by atoms with Crippen LogP contribution in [0, 0.1) is 5.82 Å². The summed E-state index contributed by atoms with van der Waals surface area (Å²) in [4.78, 5) is 30.7. The van der Waals surface area contributed by atoms with Gasteiger partial charge in [-0.2, -0.15) is 0 Å². The van der Waals surface area contributed by atoms with Crippen LogP contribution in [-0.4, -0.2) is 25.3 Å². The van der Waals surface area contributed by atoms with Gasteiger partial charge in [0.05, 0.1) is 11.0 Å². The predicted molar refractivity (Wildman–Crippen MR) is 105 cm³/mol. The molecule has 10 heteroatoms. The third-order valence-corrected chi connectivity index (χ3v) is 5.09. The molecule has 1 heterocycles. The number of nitrogens with zero attached hydrogens (tertiary/aromatic N) is 2. The second-order valence-corrected chi connectivity index (χ2v) is 8.27. The van der Waals surface area contributed by atoms with Crippen molar-refractivity contribution in [3.8, 4) is 11.3 Å². The first kappa shape index (κ1) is 20.0. The van der Waals surface area contributed by atoms with Crippen LogP contribution in [0.2, 0.25) is 0 Å². The number of rotatable bonds is 6. The maximum absolute atomic E-state index is 13.1. The number of anilines is 1. The van der Waals surface area contributed by atoms with Gasteiger partial charge in [-0.05, 0) is 59.6 Å². The molecule has 3 N–H and O–H groups in total. The van der Waals surface area contributed by atoms with Crippen LogP contribution in [0.3, 0.4) is 0 Å². The molecule has 0 saturated carbocycles. The summed E-state index contributed by atoms with van der Waals surface area (Å²) < 4.78 is 27.9. The van der Waals surface area contributed by atoms with E-state index >= 15 is 0 Å². The van der Waals surface area contributed by atoms with E-state index in [1.54, 1.807) is 30.3 Å². The summed E-state index contributed by atoms with van der Waals surface area (Å²) in [5, 5.41) is 6.67. The average molecular weight is 419 g/mol. The van der Waals surface area contributed by atoms with E-state index in [-0.39, 0.29) is 17.9 Å². The molecule has 0 unspecified atom stereocenters. The van der Waals surface area contributed by atoms with E-state index in [9.17, 15) is 13.8 Å². The summed E-state index contributed by atoms with van der Waals surface area (Å²) in [6.45, 7) is 0. The van der Waals surface area contributed by atoms with E-state index in [0.717, 1.165) is 11.5 Å². The van der Waals surface area contributed by atoms with E-state index in [1.165, 1.54) is 30.3 Å². The second-order valence-electron chi connectivity index (χ2n) is 5.83. The highest BCUT2D eigenvalue weighted by Gasteiger charge is 2.13. The molecule has 0 aliphatic rings. The van der Waals surface area contributed by atoms with Gasteiger partial charge >= 0.3 is 7.60 Å². The topological polar surface area (TPSA) is 112 Å². The third kappa shape index (κ3) is 5.64. The minimum Gasteiger partial charge on any atom is -0.324 e. The Morgan fingerprint density at radius 2 is 1.82 bits per heavy atom. The van der Waals surface area contributed by atoms with E-state index in [4.69, 9.17) is 9.79 Å². The Kier molecular flexibility index (Phi) is 6.11. The molecular formula is C18H15FN3O4PS. The van der Waals surface area contributed by atoms with Crippen molar-refractivity contribution < 1.29 is 23.5 Å². The summed E-state index contributed by atoms with van der Waals surface area (Å²) >= 11 is 1.11. The highest BCUT2D eigenvalue weighted by Crippen LogP contribution is 2.39. The van der Waals surface area contributed by atoms with E-state index in [0.29, 0.717) is 27.4 Å². The number of benzene rings is 2. The van der Waals surface area contributed by atoms with E-state index < -0.39 is 7.60 Å². The number of hydrogen-bond donors (Lipinski definition) is 3. The summed E-state index contributed by atoms with van der Waals surface area (Å²) in [5.41, 5.74) is 2.21. The number of halogens is 1. The molecule has 0 atom stereocenters. The highest BCUT2D eigenvalue weighted by molar-refractivity contribution is 7.50. The molecule has 28 heavy (non-hydrogen) atoms. The zero-order chi connectivity index (χ0) is 20.1. The fraction of sp³-hybridized carbons (Fsp3) is 0.0556. The minimum absolute atomic E-state index is 0.352. The maximum atomic E-state index is 13.1. The average Bonchev–Trinajstić information content (AvgIpc) is 3.10. The van der Waals surface area contributed by atoms with Gasteiger partial charge in [-0.3, -0.25) is 9.36 Å². The molecule has 7 nitrogen and oxygen atoms in total. The lowest BCUT2D eigenvalue weighted by atomic mass is 10.1. The summed E-state index contributed by atoms with van der Waals surface area (Å²) in [5.74, 6) is -0.739. The Balaban J connectivity index is 1.66. The van der Waals surface area contributed by atoms with Crippen molar-refractivity contribution in [2.24, 2.45) is 0 Å². The summed E-state index contributed by atoms with van der Waals surface area (Å²) in [6.07, 6.45) is 2.54. The van der Waals surface area contributed by atoms with Gasteiger partial charge in [0.15, 0.2) is 0 Å². The Morgan fingerprint density at radius 3 is 2.46 bits per heavy atom. The monoisotopic (exact) mass is 419 g/mol. The van der Waals surface area contributed by atoms with Crippen LogP contribution in [0.15, 0.2) is 54.6 Å². The van der Waals surface area contributed by atoms with Gasteiger partial charge in [-0.25, -0.2) is 4.39 Å². The van der Waals surface area contributed by atoms with E-state index in [1.807, 2.05) is 0 Å². The minimum atomic E-state index is -4.13. The standard InChI is InChI=1S/C18H15FN3O4PS/c19-14-5-3-13(4-6-14)18-16(28-22-21-18)9-10-17(23)20-15-7-1-12(2-8-15)11-27(24,25)26/h1-10H,11H2,(H,20,23)(H2,24,25,26). The molecule has 3 aromatic rings. The van der Waals surface area contributed by atoms with Crippen molar-refractivity contribution in [2.75, 3.05) is 5.32 Å². The van der Waals surface area contributed by atoms with Crippen molar-refractivity contribution in [1.29, 1.82) is 0 Å². The Labute approximate surface area is 163 Å². The molecule has 0 spiro atoms. The summed E-state index contributed by atoms with van der Waals surface area (Å²) in [6, 6.07) is 12.0. The van der Waals surface area contributed by atoms with Gasteiger partial charge in [-0.15, -0.1) is 5.10 Å². The third-order valence-electron chi connectivity index (χ3n) is 3.63. The fourth-order valence-corrected chi connectivity index (χ4v) is 3.65. The molecule has 0 saturated heterocycles. The molecule has 2 aromatic carbocycles. The number of nitrogens with one attached hydrogen (secondary N) is 1. The highest BCUT2D eigenvalue weighted by atomic mass is 32.1. The predicted octanol–water partition coefficient (Wildman–Crippen LogP) is 3.67.